The normalized spacial score (nSPS) is 19.9. The lowest BCUT2D eigenvalue weighted by atomic mass is 10.0. The fourth-order valence-electron chi connectivity index (χ4n) is 2.24. The van der Waals surface area contributed by atoms with E-state index in [0.717, 1.165) is 25.8 Å². The minimum atomic E-state index is -1.07. The first kappa shape index (κ1) is 13.1. The molecule has 0 aliphatic carbocycles. The molecule has 0 bridgehead atoms. The van der Waals surface area contributed by atoms with Crippen molar-refractivity contribution in [3.8, 4) is 0 Å². The number of aromatic nitrogens is 1. The number of rotatable bonds is 3. The Morgan fingerprint density at radius 3 is 3.00 bits per heavy atom. The van der Waals surface area contributed by atoms with Crippen molar-refractivity contribution in [1.29, 1.82) is 0 Å². The lowest BCUT2D eigenvalue weighted by Gasteiger charge is -2.35. The standard InChI is InChI=1S/C12H15ClN2O3/c13-10-6-14-11(5-9(10)12(17)18)15-4-2-1-3-8(15)7-16/h5-6,8,16H,1-4,7H2,(H,17,18). The van der Waals surface area contributed by atoms with Gasteiger partial charge < -0.3 is 15.1 Å². The van der Waals surface area contributed by atoms with E-state index in [1.165, 1.54) is 12.3 Å². The lowest BCUT2D eigenvalue weighted by molar-refractivity contribution is 0.0697. The van der Waals surface area contributed by atoms with E-state index in [-0.39, 0.29) is 23.2 Å². The number of pyridine rings is 1. The van der Waals surface area contributed by atoms with Gasteiger partial charge in [0.1, 0.15) is 5.82 Å². The Balaban J connectivity index is 2.32. The number of carbonyl (C=O) groups is 1. The van der Waals surface area contributed by atoms with Crippen LogP contribution in [0, 0.1) is 0 Å². The number of aliphatic hydroxyl groups excluding tert-OH is 1. The first-order valence-corrected chi connectivity index (χ1v) is 6.27. The Bertz CT molecular complexity index is 453. The van der Waals surface area contributed by atoms with Gasteiger partial charge in [-0.1, -0.05) is 11.6 Å². The SMILES string of the molecule is O=C(O)c1cc(N2CCCCC2CO)ncc1Cl. The van der Waals surface area contributed by atoms with Crippen molar-refractivity contribution in [3.05, 3.63) is 22.8 Å². The molecule has 1 atom stereocenters. The molecule has 1 aromatic rings. The van der Waals surface area contributed by atoms with E-state index in [9.17, 15) is 9.90 Å². The third-order valence-corrected chi connectivity index (χ3v) is 3.50. The van der Waals surface area contributed by atoms with E-state index in [2.05, 4.69) is 4.98 Å². The minimum Gasteiger partial charge on any atom is -0.478 e. The fraction of sp³-hybridized carbons (Fsp3) is 0.500. The maximum atomic E-state index is 11.0. The molecule has 2 heterocycles. The Kier molecular flexibility index (Phi) is 4.04. The molecule has 0 saturated carbocycles. The number of hydrogen-bond donors (Lipinski definition) is 2. The number of anilines is 1. The third kappa shape index (κ3) is 2.57. The van der Waals surface area contributed by atoms with Crippen LogP contribution in [0.4, 0.5) is 5.82 Å². The molecule has 0 amide bonds. The third-order valence-electron chi connectivity index (χ3n) is 3.20. The average Bonchev–Trinajstić information content (AvgIpc) is 2.39. The van der Waals surface area contributed by atoms with Gasteiger partial charge in [-0.3, -0.25) is 0 Å². The summed E-state index contributed by atoms with van der Waals surface area (Å²) in [6.07, 6.45) is 4.33. The Labute approximate surface area is 110 Å². The van der Waals surface area contributed by atoms with Gasteiger partial charge in [0.05, 0.1) is 23.2 Å². The number of halogens is 1. The first-order chi connectivity index (χ1) is 8.63. The smallest absolute Gasteiger partial charge is 0.337 e. The van der Waals surface area contributed by atoms with Crippen LogP contribution in [0.3, 0.4) is 0 Å². The monoisotopic (exact) mass is 270 g/mol. The average molecular weight is 271 g/mol. The number of hydrogen-bond acceptors (Lipinski definition) is 4. The molecule has 1 fully saturated rings. The van der Waals surface area contributed by atoms with Crippen LogP contribution in [0.1, 0.15) is 29.6 Å². The second kappa shape index (κ2) is 5.54. The predicted molar refractivity (Wildman–Crippen MR) is 68.3 cm³/mol. The van der Waals surface area contributed by atoms with E-state index in [1.54, 1.807) is 0 Å². The van der Waals surface area contributed by atoms with Crippen LogP contribution in [-0.2, 0) is 0 Å². The highest BCUT2D eigenvalue weighted by molar-refractivity contribution is 6.33. The molecular formula is C12H15ClN2O3. The molecule has 5 nitrogen and oxygen atoms in total. The largest absolute Gasteiger partial charge is 0.478 e. The lowest BCUT2D eigenvalue weighted by Crippen LogP contribution is -2.42. The van der Waals surface area contributed by atoms with Gasteiger partial charge in [0.2, 0.25) is 0 Å². The van der Waals surface area contributed by atoms with Crippen LogP contribution in [0.2, 0.25) is 5.02 Å². The minimum absolute atomic E-state index is 0.00840. The maximum Gasteiger partial charge on any atom is 0.337 e. The van der Waals surface area contributed by atoms with Crippen molar-refractivity contribution >= 4 is 23.4 Å². The molecule has 1 saturated heterocycles. The summed E-state index contributed by atoms with van der Waals surface area (Å²) in [5.74, 6) is -0.503. The van der Waals surface area contributed by atoms with E-state index >= 15 is 0 Å². The zero-order valence-electron chi connectivity index (χ0n) is 9.84. The van der Waals surface area contributed by atoms with Crippen molar-refractivity contribution < 1.29 is 15.0 Å². The molecule has 1 aromatic heterocycles. The van der Waals surface area contributed by atoms with Crippen molar-refractivity contribution in [1.82, 2.24) is 4.98 Å². The number of carboxylic acid groups (broad SMARTS) is 1. The van der Waals surface area contributed by atoms with Gasteiger partial charge >= 0.3 is 5.97 Å². The molecule has 18 heavy (non-hydrogen) atoms. The van der Waals surface area contributed by atoms with Gasteiger partial charge in [-0.05, 0) is 25.3 Å². The quantitative estimate of drug-likeness (QED) is 0.876. The molecule has 98 valence electrons. The summed E-state index contributed by atoms with van der Waals surface area (Å²) in [6, 6.07) is 1.48. The van der Waals surface area contributed by atoms with Crippen molar-refractivity contribution in [2.75, 3.05) is 18.1 Å². The van der Waals surface area contributed by atoms with Crippen molar-refractivity contribution in [3.63, 3.8) is 0 Å². The summed E-state index contributed by atoms with van der Waals surface area (Å²) in [7, 11) is 0. The molecule has 2 N–H and O–H groups in total. The van der Waals surface area contributed by atoms with Gasteiger partial charge in [0, 0.05) is 12.7 Å². The molecular weight excluding hydrogens is 256 g/mol. The summed E-state index contributed by atoms with van der Waals surface area (Å²) in [5.41, 5.74) is 0.0453. The van der Waals surface area contributed by atoms with Gasteiger partial charge in [-0.25, -0.2) is 9.78 Å². The summed E-state index contributed by atoms with van der Waals surface area (Å²) >= 11 is 5.79. The van der Waals surface area contributed by atoms with Gasteiger partial charge in [-0.15, -0.1) is 0 Å². The zero-order chi connectivity index (χ0) is 13.1. The molecule has 0 spiro atoms. The Hall–Kier alpha value is -1.33. The highest BCUT2D eigenvalue weighted by Crippen LogP contribution is 2.26. The van der Waals surface area contributed by atoms with Crippen LogP contribution < -0.4 is 4.90 Å². The molecule has 0 radical (unpaired) electrons. The van der Waals surface area contributed by atoms with Crippen molar-refractivity contribution in [2.45, 2.75) is 25.3 Å². The van der Waals surface area contributed by atoms with Gasteiger partial charge in [-0.2, -0.15) is 0 Å². The van der Waals surface area contributed by atoms with E-state index in [0.29, 0.717) is 5.82 Å². The first-order valence-electron chi connectivity index (χ1n) is 5.90. The zero-order valence-corrected chi connectivity index (χ0v) is 10.6. The second-order valence-corrected chi connectivity index (χ2v) is 4.76. The van der Waals surface area contributed by atoms with Crippen LogP contribution in [-0.4, -0.2) is 40.4 Å². The number of aliphatic hydroxyl groups is 1. The molecule has 0 aromatic carbocycles. The highest BCUT2D eigenvalue weighted by Gasteiger charge is 2.24. The maximum absolute atomic E-state index is 11.0. The highest BCUT2D eigenvalue weighted by atomic mass is 35.5. The van der Waals surface area contributed by atoms with Crippen LogP contribution >= 0.6 is 11.6 Å². The number of piperidine rings is 1. The molecule has 2 rings (SSSR count). The second-order valence-electron chi connectivity index (χ2n) is 4.35. The summed E-state index contributed by atoms with van der Waals surface area (Å²) in [4.78, 5) is 17.1. The van der Waals surface area contributed by atoms with Gasteiger partial charge in [0.15, 0.2) is 0 Å². The number of aromatic carboxylic acids is 1. The van der Waals surface area contributed by atoms with Crippen molar-refractivity contribution in [2.24, 2.45) is 0 Å². The van der Waals surface area contributed by atoms with E-state index in [4.69, 9.17) is 16.7 Å². The van der Waals surface area contributed by atoms with E-state index in [1.807, 2.05) is 4.90 Å². The Morgan fingerprint density at radius 2 is 2.33 bits per heavy atom. The Morgan fingerprint density at radius 1 is 1.56 bits per heavy atom. The molecule has 1 unspecified atom stereocenters. The van der Waals surface area contributed by atoms with Gasteiger partial charge in [0.25, 0.3) is 0 Å². The summed E-state index contributed by atoms with van der Waals surface area (Å²) in [6.45, 7) is 0.825. The summed E-state index contributed by atoms with van der Waals surface area (Å²) < 4.78 is 0. The number of nitrogens with zero attached hydrogens (tertiary/aromatic N) is 2. The van der Waals surface area contributed by atoms with E-state index < -0.39 is 5.97 Å². The van der Waals surface area contributed by atoms with Crippen LogP contribution in [0.5, 0.6) is 0 Å². The topological polar surface area (TPSA) is 73.7 Å². The predicted octanol–water partition coefficient (Wildman–Crippen LogP) is 1.78. The van der Waals surface area contributed by atoms with Crippen LogP contribution in [0.25, 0.3) is 0 Å². The summed E-state index contributed by atoms with van der Waals surface area (Å²) in [5, 5.41) is 18.5. The fourth-order valence-corrected chi connectivity index (χ4v) is 2.42. The number of carboxylic acids is 1. The van der Waals surface area contributed by atoms with Crippen LogP contribution in [0.15, 0.2) is 12.3 Å². The molecule has 1 aliphatic rings. The molecule has 6 heteroatoms. The molecule has 1 aliphatic heterocycles.